The maximum absolute atomic E-state index is 11.5. The zero-order chi connectivity index (χ0) is 12.8. The minimum atomic E-state index is -1.15. The highest BCUT2D eigenvalue weighted by molar-refractivity contribution is 5.86. The average Bonchev–Trinajstić information content (AvgIpc) is 2.22. The monoisotopic (exact) mass is 230 g/mol. The Hall–Kier alpha value is -1.26. The van der Waals surface area contributed by atoms with E-state index in [4.69, 9.17) is 5.11 Å². The van der Waals surface area contributed by atoms with Crippen LogP contribution in [0.2, 0.25) is 0 Å². The van der Waals surface area contributed by atoms with E-state index in [1.54, 1.807) is 13.8 Å². The standard InChI is InChI=1S/C11H22N2O3/c1-5-11(6-2,9(14)15)13-10(16)12-7-8(3)4/h8H,5-7H2,1-4H3,(H,14,15)(H2,12,13,16). The smallest absolute Gasteiger partial charge is 0.329 e. The second-order valence-electron chi connectivity index (χ2n) is 4.32. The predicted octanol–water partition coefficient (Wildman–Crippen LogP) is 1.58. The van der Waals surface area contributed by atoms with Gasteiger partial charge in [0.2, 0.25) is 0 Å². The molecule has 0 heterocycles. The van der Waals surface area contributed by atoms with Crippen molar-refractivity contribution in [1.29, 1.82) is 0 Å². The fourth-order valence-electron chi connectivity index (χ4n) is 1.34. The quantitative estimate of drug-likeness (QED) is 0.648. The Morgan fingerprint density at radius 1 is 1.25 bits per heavy atom. The number of carbonyl (C=O) groups excluding carboxylic acids is 1. The SMILES string of the molecule is CCC(CC)(NC(=O)NCC(C)C)C(=O)O. The van der Waals surface area contributed by atoms with Gasteiger partial charge in [0.25, 0.3) is 0 Å². The van der Waals surface area contributed by atoms with Crippen molar-refractivity contribution in [2.45, 2.75) is 46.1 Å². The van der Waals surface area contributed by atoms with Crippen LogP contribution in [-0.2, 0) is 4.79 Å². The maximum atomic E-state index is 11.5. The van der Waals surface area contributed by atoms with E-state index >= 15 is 0 Å². The van der Waals surface area contributed by atoms with Crippen molar-refractivity contribution in [3.05, 3.63) is 0 Å². The van der Waals surface area contributed by atoms with Crippen LogP contribution < -0.4 is 10.6 Å². The van der Waals surface area contributed by atoms with Gasteiger partial charge in [-0.15, -0.1) is 0 Å². The highest BCUT2D eigenvalue weighted by Crippen LogP contribution is 2.15. The van der Waals surface area contributed by atoms with Crippen LogP contribution in [0.5, 0.6) is 0 Å². The van der Waals surface area contributed by atoms with Crippen molar-refractivity contribution in [2.75, 3.05) is 6.54 Å². The number of carboxylic acids is 1. The number of hydrogen-bond acceptors (Lipinski definition) is 2. The van der Waals surface area contributed by atoms with E-state index in [0.29, 0.717) is 25.3 Å². The van der Waals surface area contributed by atoms with Crippen LogP contribution in [0.4, 0.5) is 4.79 Å². The zero-order valence-electron chi connectivity index (χ0n) is 10.5. The van der Waals surface area contributed by atoms with Crippen molar-refractivity contribution in [2.24, 2.45) is 5.92 Å². The summed E-state index contributed by atoms with van der Waals surface area (Å²) in [5.41, 5.74) is -1.15. The first kappa shape index (κ1) is 14.7. The lowest BCUT2D eigenvalue weighted by molar-refractivity contribution is -0.144. The number of carbonyl (C=O) groups is 2. The molecule has 5 heteroatoms. The summed E-state index contributed by atoms with van der Waals surface area (Å²) in [4.78, 5) is 22.6. The molecule has 0 aliphatic carbocycles. The first-order valence-electron chi connectivity index (χ1n) is 5.67. The van der Waals surface area contributed by atoms with E-state index in [-0.39, 0.29) is 0 Å². The highest BCUT2D eigenvalue weighted by Gasteiger charge is 2.36. The summed E-state index contributed by atoms with van der Waals surface area (Å²) < 4.78 is 0. The highest BCUT2D eigenvalue weighted by atomic mass is 16.4. The summed E-state index contributed by atoms with van der Waals surface area (Å²) in [5.74, 6) is -0.648. The van der Waals surface area contributed by atoms with Gasteiger partial charge in [-0.1, -0.05) is 27.7 Å². The summed E-state index contributed by atoms with van der Waals surface area (Å²) in [6, 6.07) is -0.417. The second-order valence-corrected chi connectivity index (χ2v) is 4.32. The van der Waals surface area contributed by atoms with E-state index in [1.165, 1.54) is 0 Å². The van der Waals surface area contributed by atoms with Crippen LogP contribution in [0, 0.1) is 5.92 Å². The summed E-state index contributed by atoms with van der Waals surface area (Å²) in [6.07, 6.45) is 0.738. The van der Waals surface area contributed by atoms with E-state index in [0.717, 1.165) is 0 Å². The Labute approximate surface area is 96.6 Å². The molecule has 0 radical (unpaired) electrons. The van der Waals surface area contributed by atoms with Crippen LogP contribution in [0.3, 0.4) is 0 Å². The molecule has 0 fully saturated rings. The van der Waals surface area contributed by atoms with Gasteiger partial charge in [-0.3, -0.25) is 0 Å². The third-order valence-corrected chi connectivity index (χ3v) is 2.64. The van der Waals surface area contributed by atoms with Crippen LogP contribution in [0.1, 0.15) is 40.5 Å². The van der Waals surface area contributed by atoms with Crippen molar-refractivity contribution in [3.8, 4) is 0 Å². The van der Waals surface area contributed by atoms with Crippen LogP contribution in [0.15, 0.2) is 0 Å². The molecule has 0 saturated carbocycles. The van der Waals surface area contributed by atoms with Gasteiger partial charge in [-0.25, -0.2) is 9.59 Å². The normalized spacial score (nSPS) is 11.3. The van der Waals surface area contributed by atoms with Crippen molar-refractivity contribution < 1.29 is 14.7 Å². The third kappa shape index (κ3) is 4.08. The Balaban J connectivity index is 4.41. The summed E-state index contributed by atoms with van der Waals surface area (Å²) in [7, 11) is 0. The van der Waals surface area contributed by atoms with Crippen molar-refractivity contribution in [3.63, 3.8) is 0 Å². The van der Waals surface area contributed by atoms with Crippen molar-refractivity contribution in [1.82, 2.24) is 10.6 Å². The van der Waals surface area contributed by atoms with Gasteiger partial charge in [-0.05, 0) is 18.8 Å². The number of amides is 2. The van der Waals surface area contributed by atoms with Crippen LogP contribution in [-0.4, -0.2) is 29.2 Å². The Morgan fingerprint density at radius 3 is 2.06 bits per heavy atom. The number of nitrogens with one attached hydrogen (secondary N) is 2. The Morgan fingerprint density at radius 2 is 1.75 bits per heavy atom. The molecule has 0 aliphatic heterocycles. The molecule has 0 aromatic rings. The van der Waals surface area contributed by atoms with E-state index in [2.05, 4.69) is 10.6 Å². The minimum Gasteiger partial charge on any atom is -0.480 e. The van der Waals surface area contributed by atoms with Gasteiger partial charge in [0.15, 0.2) is 0 Å². The lowest BCUT2D eigenvalue weighted by atomic mass is 9.93. The van der Waals surface area contributed by atoms with Gasteiger partial charge in [0.1, 0.15) is 5.54 Å². The molecule has 0 saturated heterocycles. The lowest BCUT2D eigenvalue weighted by Crippen LogP contribution is -2.56. The second kappa shape index (κ2) is 6.35. The molecular formula is C11H22N2O3. The molecule has 0 aliphatic rings. The van der Waals surface area contributed by atoms with Crippen molar-refractivity contribution >= 4 is 12.0 Å². The minimum absolute atomic E-state index is 0.341. The average molecular weight is 230 g/mol. The van der Waals surface area contributed by atoms with E-state index in [9.17, 15) is 9.59 Å². The molecule has 16 heavy (non-hydrogen) atoms. The largest absolute Gasteiger partial charge is 0.480 e. The molecule has 3 N–H and O–H groups in total. The fourth-order valence-corrected chi connectivity index (χ4v) is 1.34. The molecule has 94 valence electrons. The van der Waals surface area contributed by atoms with Gasteiger partial charge in [-0.2, -0.15) is 0 Å². The number of rotatable bonds is 6. The predicted molar refractivity (Wildman–Crippen MR) is 62.3 cm³/mol. The first-order valence-corrected chi connectivity index (χ1v) is 5.67. The van der Waals surface area contributed by atoms with E-state index in [1.807, 2.05) is 13.8 Å². The molecule has 0 aromatic carbocycles. The Bertz CT molecular complexity index is 248. The zero-order valence-corrected chi connectivity index (χ0v) is 10.5. The molecule has 0 rings (SSSR count). The lowest BCUT2D eigenvalue weighted by Gasteiger charge is -2.28. The fraction of sp³-hybridized carbons (Fsp3) is 0.818. The number of aliphatic carboxylic acids is 1. The van der Waals surface area contributed by atoms with Gasteiger partial charge in [0.05, 0.1) is 0 Å². The molecule has 0 bridgehead atoms. The molecule has 0 spiro atoms. The van der Waals surface area contributed by atoms with Gasteiger partial charge >= 0.3 is 12.0 Å². The van der Waals surface area contributed by atoms with Crippen LogP contribution >= 0.6 is 0 Å². The molecule has 2 amide bonds. The first-order chi connectivity index (χ1) is 7.38. The number of urea groups is 1. The Kier molecular flexibility index (Phi) is 5.85. The molecule has 0 atom stereocenters. The van der Waals surface area contributed by atoms with Gasteiger partial charge < -0.3 is 15.7 Å². The summed E-state index contributed by atoms with van der Waals surface area (Å²) in [6.45, 7) is 7.99. The third-order valence-electron chi connectivity index (χ3n) is 2.64. The molecule has 0 aromatic heterocycles. The maximum Gasteiger partial charge on any atom is 0.329 e. The topological polar surface area (TPSA) is 78.4 Å². The molecule has 0 unspecified atom stereocenters. The summed E-state index contributed by atoms with van der Waals surface area (Å²) >= 11 is 0. The van der Waals surface area contributed by atoms with Gasteiger partial charge in [0, 0.05) is 6.54 Å². The summed E-state index contributed by atoms with van der Waals surface area (Å²) in [5, 5.41) is 14.3. The number of carboxylic acid groups (broad SMARTS) is 1. The number of hydrogen-bond donors (Lipinski definition) is 3. The van der Waals surface area contributed by atoms with E-state index < -0.39 is 17.5 Å². The molecular weight excluding hydrogens is 208 g/mol. The molecule has 5 nitrogen and oxygen atoms in total. The van der Waals surface area contributed by atoms with Crippen LogP contribution in [0.25, 0.3) is 0 Å².